The molecular formula is C10H20Si. The summed E-state index contributed by atoms with van der Waals surface area (Å²) in [4.78, 5) is 0. The van der Waals surface area contributed by atoms with Crippen molar-refractivity contribution in [1.82, 2.24) is 0 Å². The van der Waals surface area contributed by atoms with Crippen molar-refractivity contribution in [2.24, 2.45) is 0 Å². The molecule has 0 heterocycles. The molecule has 0 bridgehead atoms. The minimum atomic E-state index is -1.27. The maximum Gasteiger partial charge on any atom is 0.0902 e. The van der Waals surface area contributed by atoms with Gasteiger partial charge in [0.05, 0.1) is 8.07 Å². The zero-order valence-electron chi connectivity index (χ0n) is 8.71. The van der Waals surface area contributed by atoms with Crippen molar-refractivity contribution in [3.8, 4) is 0 Å². The molecule has 0 fully saturated rings. The number of allylic oxidation sites excluding steroid dienone is 1. The Morgan fingerprint density at radius 1 is 1.27 bits per heavy atom. The second-order valence-electron chi connectivity index (χ2n) is 4.68. The van der Waals surface area contributed by atoms with E-state index in [1.54, 1.807) is 0 Å². The average molecular weight is 168 g/mol. The van der Waals surface area contributed by atoms with Crippen LogP contribution in [0.4, 0.5) is 0 Å². The Bertz CT molecular complexity index is 187. The molecule has 0 amide bonds. The molecule has 0 nitrogen and oxygen atoms in total. The quantitative estimate of drug-likeness (QED) is 0.413. The van der Waals surface area contributed by atoms with Crippen LogP contribution in [0.1, 0.15) is 27.7 Å². The molecular weight excluding hydrogens is 148 g/mol. The summed E-state index contributed by atoms with van der Waals surface area (Å²) in [6.45, 7) is 17.5. The zero-order valence-corrected chi connectivity index (χ0v) is 9.71. The summed E-state index contributed by atoms with van der Waals surface area (Å²) in [5, 5.41) is 1.80. The first kappa shape index (κ1) is 10.7. The third kappa shape index (κ3) is 2.08. The first-order chi connectivity index (χ1) is 4.73. The van der Waals surface area contributed by atoms with Gasteiger partial charge in [-0.1, -0.05) is 40.4 Å². The standard InChI is InChI=1S/C10H20Si/c1-8-9(2)11(6,7)10(3,4)5/h1H2,2-7H3. The Morgan fingerprint density at radius 3 is 1.73 bits per heavy atom. The zero-order chi connectivity index (χ0) is 9.28. The molecule has 64 valence electrons. The molecule has 0 spiro atoms. The highest BCUT2D eigenvalue weighted by Gasteiger charge is 2.36. The molecule has 11 heavy (non-hydrogen) atoms. The van der Waals surface area contributed by atoms with Crippen molar-refractivity contribution in [3.63, 3.8) is 0 Å². The highest BCUT2D eigenvalue weighted by atomic mass is 28.3. The Labute approximate surface area is 72.0 Å². The van der Waals surface area contributed by atoms with Gasteiger partial charge in [-0.2, -0.15) is 0 Å². The largest absolute Gasteiger partial charge is 0.134 e. The molecule has 0 aliphatic carbocycles. The van der Waals surface area contributed by atoms with E-state index in [1.165, 1.54) is 5.20 Å². The molecule has 0 saturated heterocycles. The van der Waals surface area contributed by atoms with Crippen molar-refractivity contribution < 1.29 is 0 Å². The summed E-state index contributed by atoms with van der Waals surface area (Å²) in [6.07, 6.45) is 0. The summed E-state index contributed by atoms with van der Waals surface area (Å²) >= 11 is 0. The number of hydrogen-bond acceptors (Lipinski definition) is 0. The van der Waals surface area contributed by atoms with E-state index in [-0.39, 0.29) is 0 Å². The van der Waals surface area contributed by atoms with Crippen LogP contribution in [0, 0.1) is 0 Å². The normalized spacial score (nSPS) is 12.5. The average Bonchev–Trinajstić information content (AvgIpc) is 1.83. The van der Waals surface area contributed by atoms with Gasteiger partial charge in [0, 0.05) is 0 Å². The molecule has 0 aromatic carbocycles. The molecule has 0 aromatic rings. The topological polar surface area (TPSA) is 0 Å². The van der Waals surface area contributed by atoms with E-state index in [9.17, 15) is 0 Å². The van der Waals surface area contributed by atoms with Crippen LogP contribution in [0.5, 0.6) is 0 Å². The van der Waals surface area contributed by atoms with Crippen molar-refractivity contribution in [2.45, 2.75) is 45.8 Å². The van der Waals surface area contributed by atoms with Gasteiger partial charge in [-0.15, -0.1) is 5.73 Å². The Kier molecular flexibility index (Phi) is 2.93. The monoisotopic (exact) mass is 168 g/mol. The lowest BCUT2D eigenvalue weighted by Gasteiger charge is -2.36. The predicted molar refractivity (Wildman–Crippen MR) is 55.5 cm³/mol. The minimum absolute atomic E-state index is 0.418. The van der Waals surface area contributed by atoms with Crippen LogP contribution in [-0.2, 0) is 0 Å². The fourth-order valence-electron chi connectivity index (χ4n) is 0.783. The van der Waals surface area contributed by atoms with E-state index >= 15 is 0 Å². The van der Waals surface area contributed by atoms with Gasteiger partial charge < -0.3 is 0 Å². The Morgan fingerprint density at radius 2 is 1.64 bits per heavy atom. The summed E-state index contributed by atoms with van der Waals surface area (Å²) in [5.74, 6) is 0. The van der Waals surface area contributed by atoms with Crippen molar-refractivity contribution >= 4 is 8.07 Å². The SMILES string of the molecule is C=C=C(C)[Si](C)(C)C(C)(C)C. The predicted octanol–water partition coefficient (Wildman–Crippen LogP) is 3.77. The van der Waals surface area contributed by atoms with Crippen molar-refractivity contribution in [1.29, 1.82) is 0 Å². The van der Waals surface area contributed by atoms with Crippen LogP contribution in [-0.4, -0.2) is 8.07 Å². The summed E-state index contributed by atoms with van der Waals surface area (Å²) in [7, 11) is -1.27. The molecule has 0 atom stereocenters. The molecule has 0 saturated carbocycles. The van der Waals surface area contributed by atoms with Crippen LogP contribution in [0.3, 0.4) is 0 Å². The highest BCUT2D eigenvalue weighted by molar-refractivity contribution is 6.86. The highest BCUT2D eigenvalue weighted by Crippen LogP contribution is 2.39. The van der Waals surface area contributed by atoms with Gasteiger partial charge >= 0.3 is 0 Å². The van der Waals surface area contributed by atoms with Crippen LogP contribution >= 0.6 is 0 Å². The first-order valence-corrected chi connectivity index (χ1v) is 7.10. The fourth-order valence-corrected chi connectivity index (χ4v) is 2.35. The Hall–Kier alpha value is -0.263. The molecule has 0 aromatic heterocycles. The van der Waals surface area contributed by atoms with E-state index in [0.29, 0.717) is 5.04 Å². The van der Waals surface area contributed by atoms with Gasteiger partial charge in [0.15, 0.2) is 0 Å². The van der Waals surface area contributed by atoms with Crippen LogP contribution in [0.15, 0.2) is 17.5 Å². The second-order valence-corrected chi connectivity index (χ2v) is 10.2. The molecule has 0 aliphatic rings. The van der Waals surface area contributed by atoms with Crippen molar-refractivity contribution in [3.05, 3.63) is 17.5 Å². The molecule has 0 N–H and O–H groups in total. The van der Waals surface area contributed by atoms with E-state index in [4.69, 9.17) is 0 Å². The summed E-state index contributed by atoms with van der Waals surface area (Å²) < 4.78 is 0. The van der Waals surface area contributed by atoms with Crippen LogP contribution < -0.4 is 0 Å². The van der Waals surface area contributed by atoms with E-state index in [1.807, 2.05) is 0 Å². The lowest BCUT2D eigenvalue weighted by Crippen LogP contribution is -2.38. The minimum Gasteiger partial charge on any atom is -0.134 e. The Balaban J connectivity index is 4.89. The van der Waals surface area contributed by atoms with Gasteiger partial charge in [0.25, 0.3) is 0 Å². The number of hydrogen-bond donors (Lipinski definition) is 0. The maximum absolute atomic E-state index is 3.71. The molecule has 0 radical (unpaired) electrons. The smallest absolute Gasteiger partial charge is 0.0902 e. The lowest BCUT2D eigenvalue weighted by atomic mass is 10.2. The lowest BCUT2D eigenvalue weighted by molar-refractivity contribution is 0.725. The van der Waals surface area contributed by atoms with Gasteiger partial charge in [-0.25, -0.2) is 0 Å². The van der Waals surface area contributed by atoms with E-state index < -0.39 is 8.07 Å². The molecule has 0 aliphatic heterocycles. The number of rotatable bonds is 1. The second kappa shape index (κ2) is 3.00. The molecule has 0 unspecified atom stereocenters. The molecule has 1 heteroatoms. The van der Waals surface area contributed by atoms with Crippen molar-refractivity contribution in [2.75, 3.05) is 0 Å². The summed E-state index contributed by atoms with van der Waals surface area (Å²) in [5.41, 5.74) is 3.04. The van der Waals surface area contributed by atoms with Gasteiger partial charge in [-0.05, 0) is 17.2 Å². The third-order valence-corrected chi connectivity index (χ3v) is 8.88. The van der Waals surface area contributed by atoms with Crippen LogP contribution in [0.2, 0.25) is 18.1 Å². The van der Waals surface area contributed by atoms with Gasteiger partial charge in [0.2, 0.25) is 0 Å². The first-order valence-electron chi connectivity index (χ1n) is 4.10. The fraction of sp³-hybridized carbons (Fsp3) is 0.700. The van der Waals surface area contributed by atoms with Gasteiger partial charge in [0.1, 0.15) is 0 Å². The van der Waals surface area contributed by atoms with Gasteiger partial charge in [-0.3, -0.25) is 0 Å². The van der Waals surface area contributed by atoms with Crippen LogP contribution in [0.25, 0.3) is 0 Å². The van der Waals surface area contributed by atoms with E-state index in [2.05, 4.69) is 53.1 Å². The molecule has 0 rings (SSSR count). The maximum atomic E-state index is 3.71. The van der Waals surface area contributed by atoms with E-state index in [0.717, 1.165) is 0 Å². The third-order valence-electron chi connectivity index (χ3n) is 3.08. The summed E-state index contributed by atoms with van der Waals surface area (Å²) in [6, 6.07) is 0.